The van der Waals surface area contributed by atoms with Crippen LogP contribution in [0, 0.1) is 5.82 Å². The first-order valence-electron chi connectivity index (χ1n) is 5.67. The summed E-state index contributed by atoms with van der Waals surface area (Å²) < 4.78 is 12.8. The second-order valence-electron chi connectivity index (χ2n) is 4.21. The van der Waals surface area contributed by atoms with Crippen LogP contribution in [0.1, 0.15) is 18.4 Å². The Morgan fingerprint density at radius 3 is 1.88 bits per heavy atom. The monoisotopic (exact) mass is 230 g/mol. The van der Waals surface area contributed by atoms with Gasteiger partial charge in [0.15, 0.2) is 0 Å². The van der Waals surface area contributed by atoms with E-state index in [2.05, 4.69) is 0 Å². The molecule has 0 unspecified atom stereocenters. The molecular formula is C15H15FO. The highest BCUT2D eigenvalue weighted by Gasteiger charge is 2.04. The lowest BCUT2D eigenvalue weighted by atomic mass is 9.98. The first kappa shape index (κ1) is 11.8. The number of hydrogen-bond donors (Lipinski definition) is 1. The molecule has 2 aromatic carbocycles. The summed E-state index contributed by atoms with van der Waals surface area (Å²) >= 11 is 0. The molecule has 0 amide bonds. The summed E-state index contributed by atoms with van der Waals surface area (Å²) in [5.74, 6) is -0.0726. The topological polar surface area (TPSA) is 20.2 Å². The van der Waals surface area contributed by atoms with Crippen LogP contribution in [-0.4, -0.2) is 11.7 Å². The largest absolute Gasteiger partial charge is 0.396 e. The number of halogens is 1. The normalized spacial score (nSPS) is 12.4. The van der Waals surface area contributed by atoms with E-state index in [9.17, 15) is 4.39 Å². The van der Waals surface area contributed by atoms with Crippen LogP contribution in [0.3, 0.4) is 0 Å². The van der Waals surface area contributed by atoms with Gasteiger partial charge in [-0.25, -0.2) is 4.39 Å². The highest BCUT2D eigenvalue weighted by molar-refractivity contribution is 5.63. The van der Waals surface area contributed by atoms with Crippen molar-refractivity contribution in [3.63, 3.8) is 0 Å². The molecule has 1 atom stereocenters. The number of rotatable bonds is 3. The molecule has 0 aliphatic rings. The summed E-state index contributed by atoms with van der Waals surface area (Å²) in [6.07, 6.45) is 0. The fraction of sp³-hybridized carbons (Fsp3) is 0.200. The molecule has 0 saturated heterocycles. The van der Waals surface area contributed by atoms with E-state index >= 15 is 0 Å². The van der Waals surface area contributed by atoms with Gasteiger partial charge in [0.05, 0.1) is 0 Å². The average molecular weight is 230 g/mol. The Bertz CT molecular complexity index is 473. The Balaban J connectivity index is 2.26. The molecule has 0 heterocycles. The van der Waals surface area contributed by atoms with Crippen LogP contribution in [0.25, 0.3) is 11.1 Å². The SMILES string of the molecule is C[C@H](CO)c1ccc(-c2ccc(F)cc2)cc1. The van der Waals surface area contributed by atoms with Crippen molar-refractivity contribution in [1.29, 1.82) is 0 Å². The molecule has 2 aromatic rings. The molecule has 0 radical (unpaired) electrons. The summed E-state index contributed by atoms with van der Waals surface area (Å²) in [5.41, 5.74) is 3.16. The van der Waals surface area contributed by atoms with Crippen molar-refractivity contribution < 1.29 is 9.50 Å². The molecule has 0 aliphatic heterocycles. The molecule has 0 aromatic heterocycles. The van der Waals surface area contributed by atoms with E-state index in [4.69, 9.17) is 5.11 Å². The third-order valence-electron chi connectivity index (χ3n) is 2.93. The van der Waals surface area contributed by atoms with Gasteiger partial charge in [0.1, 0.15) is 5.82 Å². The smallest absolute Gasteiger partial charge is 0.123 e. The van der Waals surface area contributed by atoms with Gasteiger partial charge in [0.25, 0.3) is 0 Å². The van der Waals surface area contributed by atoms with Crippen LogP contribution < -0.4 is 0 Å². The molecule has 17 heavy (non-hydrogen) atoms. The van der Waals surface area contributed by atoms with Crippen LogP contribution in [-0.2, 0) is 0 Å². The summed E-state index contributed by atoms with van der Waals surface area (Å²) in [4.78, 5) is 0. The Morgan fingerprint density at radius 1 is 0.941 bits per heavy atom. The predicted molar refractivity (Wildman–Crippen MR) is 67.3 cm³/mol. The van der Waals surface area contributed by atoms with Crippen molar-refractivity contribution >= 4 is 0 Å². The predicted octanol–water partition coefficient (Wildman–Crippen LogP) is 3.59. The Morgan fingerprint density at radius 2 is 1.41 bits per heavy atom. The van der Waals surface area contributed by atoms with Crippen LogP contribution in [0.4, 0.5) is 4.39 Å². The van der Waals surface area contributed by atoms with E-state index in [-0.39, 0.29) is 18.3 Å². The Labute approximate surface area is 101 Å². The minimum atomic E-state index is -0.223. The quantitative estimate of drug-likeness (QED) is 0.854. The second-order valence-corrected chi connectivity index (χ2v) is 4.21. The van der Waals surface area contributed by atoms with Gasteiger partial charge < -0.3 is 5.11 Å². The first-order chi connectivity index (χ1) is 8.20. The third kappa shape index (κ3) is 2.71. The Kier molecular flexibility index (Phi) is 3.55. The van der Waals surface area contributed by atoms with Gasteiger partial charge in [-0.05, 0) is 28.8 Å². The van der Waals surface area contributed by atoms with E-state index in [1.807, 2.05) is 31.2 Å². The van der Waals surface area contributed by atoms with Gasteiger partial charge >= 0.3 is 0 Å². The molecule has 2 heteroatoms. The van der Waals surface area contributed by atoms with Crippen molar-refractivity contribution in [3.8, 4) is 11.1 Å². The highest BCUT2D eigenvalue weighted by atomic mass is 19.1. The van der Waals surface area contributed by atoms with Crippen LogP contribution in [0.15, 0.2) is 48.5 Å². The summed E-state index contributed by atoms with van der Waals surface area (Å²) in [5, 5.41) is 9.06. The van der Waals surface area contributed by atoms with Crippen molar-refractivity contribution in [2.45, 2.75) is 12.8 Å². The van der Waals surface area contributed by atoms with Crippen molar-refractivity contribution in [2.24, 2.45) is 0 Å². The zero-order chi connectivity index (χ0) is 12.3. The highest BCUT2D eigenvalue weighted by Crippen LogP contribution is 2.22. The van der Waals surface area contributed by atoms with E-state index in [1.165, 1.54) is 12.1 Å². The molecule has 0 fully saturated rings. The number of aliphatic hydroxyl groups is 1. The maximum Gasteiger partial charge on any atom is 0.123 e. The standard InChI is InChI=1S/C15H15FO/c1-11(10-17)12-2-4-13(5-3-12)14-6-8-15(16)9-7-14/h2-9,11,17H,10H2,1H3/t11-/m1/s1. The molecule has 2 rings (SSSR count). The van der Waals surface area contributed by atoms with Gasteiger partial charge in [-0.1, -0.05) is 43.3 Å². The number of benzene rings is 2. The lowest BCUT2D eigenvalue weighted by Gasteiger charge is -2.09. The molecular weight excluding hydrogens is 215 g/mol. The number of aliphatic hydroxyl groups excluding tert-OH is 1. The molecule has 0 bridgehead atoms. The van der Waals surface area contributed by atoms with Crippen LogP contribution in [0.5, 0.6) is 0 Å². The van der Waals surface area contributed by atoms with Gasteiger partial charge in [0, 0.05) is 12.5 Å². The van der Waals surface area contributed by atoms with E-state index in [0.717, 1.165) is 16.7 Å². The molecule has 1 N–H and O–H groups in total. The third-order valence-corrected chi connectivity index (χ3v) is 2.93. The zero-order valence-corrected chi connectivity index (χ0v) is 9.73. The first-order valence-corrected chi connectivity index (χ1v) is 5.67. The molecule has 0 aliphatic carbocycles. The van der Waals surface area contributed by atoms with Crippen molar-refractivity contribution in [2.75, 3.05) is 6.61 Å². The fourth-order valence-electron chi connectivity index (χ4n) is 1.75. The second kappa shape index (κ2) is 5.11. The van der Waals surface area contributed by atoms with Gasteiger partial charge in [-0.3, -0.25) is 0 Å². The van der Waals surface area contributed by atoms with Crippen LogP contribution >= 0.6 is 0 Å². The maximum absolute atomic E-state index is 12.8. The van der Waals surface area contributed by atoms with Crippen LogP contribution in [0.2, 0.25) is 0 Å². The minimum Gasteiger partial charge on any atom is -0.396 e. The summed E-state index contributed by atoms with van der Waals surface area (Å²) in [7, 11) is 0. The molecule has 0 saturated carbocycles. The lowest BCUT2D eigenvalue weighted by Crippen LogP contribution is -1.98. The summed E-state index contributed by atoms with van der Waals surface area (Å²) in [6, 6.07) is 14.4. The van der Waals surface area contributed by atoms with E-state index in [0.29, 0.717) is 0 Å². The average Bonchev–Trinajstić information content (AvgIpc) is 2.39. The Hall–Kier alpha value is -1.67. The van der Waals surface area contributed by atoms with Gasteiger partial charge in [-0.15, -0.1) is 0 Å². The van der Waals surface area contributed by atoms with Gasteiger partial charge in [-0.2, -0.15) is 0 Å². The minimum absolute atomic E-state index is 0.149. The van der Waals surface area contributed by atoms with Gasteiger partial charge in [0.2, 0.25) is 0 Å². The van der Waals surface area contributed by atoms with Crippen molar-refractivity contribution in [1.82, 2.24) is 0 Å². The van der Waals surface area contributed by atoms with Crippen molar-refractivity contribution in [3.05, 3.63) is 59.9 Å². The van der Waals surface area contributed by atoms with E-state index < -0.39 is 0 Å². The summed E-state index contributed by atoms with van der Waals surface area (Å²) in [6.45, 7) is 2.13. The number of hydrogen-bond acceptors (Lipinski definition) is 1. The zero-order valence-electron chi connectivity index (χ0n) is 9.73. The molecule has 88 valence electrons. The molecule has 0 spiro atoms. The lowest BCUT2D eigenvalue weighted by molar-refractivity contribution is 0.273. The van der Waals surface area contributed by atoms with E-state index in [1.54, 1.807) is 12.1 Å². The fourth-order valence-corrected chi connectivity index (χ4v) is 1.75. The molecule has 1 nitrogen and oxygen atoms in total. The maximum atomic E-state index is 12.8.